The SMILES string of the molecule is Cc1ccc(C(C)C)c(OCCn2c(CCNC(=O)C(C)(C)C)nc3ccccc32)c1. The lowest BCUT2D eigenvalue weighted by Crippen LogP contribution is -2.36. The lowest BCUT2D eigenvalue weighted by atomic mass is 9.96. The van der Waals surface area contributed by atoms with Crippen molar-refractivity contribution >= 4 is 16.9 Å². The van der Waals surface area contributed by atoms with Gasteiger partial charge in [-0.3, -0.25) is 4.79 Å². The standard InChI is InChI=1S/C26H35N3O2/c1-18(2)20-12-11-19(3)17-23(20)31-16-15-29-22-10-8-7-9-21(22)28-24(29)13-14-27-25(30)26(4,5)6/h7-12,17-18H,13-16H2,1-6H3,(H,27,30). The Bertz CT molecular complexity index is 1040. The second kappa shape index (κ2) is 9.54. The molecule has 0 bridgehead atoms. The number of imidazole rings is 1. The second-order valence-electron chi connectivity index (χ2n) is 9.47. The molecule has 1 aromatic heterocycles. The zero-order valence-electron chi connectivity index (χ0n) is 19.7. The van der Waals surface area contributed by atoms with Crippen LogP contribution in [0.3, 0.4) is 0 Å². The van der Waals surface area contributed by atoms with E-state index in [1.807, 2.05) is 39.0 Å². The van der Waals surface area contributed by atoms with Gasteiger partial charge in [0, 0.05) is 18.4 Å². The first-order valence-corrected chi connectivity index (χ1v) is 11.1. The average molecular weight is 422 g/mol. The van der Waals surface area contributed by atoms with E-state index in [2.05, 4.69) is 54.9 Å². The van der Waals surface area contributed by atoms with Crippen LogP contribution in [0.15, 0.2) is 42.5 Å². The summed E-state index contributed by atoms with van der Waals surface area (Å²) in [4.78, 5) is 17.0. The Morgan fingerprint density at radius 1 is 1.16 bits per heavy atom. The normalized spacial score (nSPS) is 11.8. The number of nitrogens with zero attached hydrogens (tertiary/aromatic N) is 2. The number of aryl methyl sites for hydroxylation is 1. The van der Waals surface area contributed by atoms with Crippen LogP contribution in [0, 0.1) is 12.3 Å². The third-order valence-corrected chi connectivity index (χ3v) is 5.41. The van der Waals surface area contributed by atoms with Crippen molar-refractivity contribution in [2.75, 3.05) is 13.2 Å². The summed E-state index contributed by atoms with van der Waals surface area (Å²) in [6, 6.07) is 14.6. The lowest BCUT2D eigenvalue weighted by molar-refractivity contribution is -0.128. The highest BCUT2D eigenvalue weighted by Gasteiger charge is 2.21. The maximum atomic E-state index is 12.2. The molecular weight excluding hydrogens is 386 g/mol. The van der Waals surface area contributed by atoms with E-state index in [1.54, 1.807) is 0 Å². The molecule has 0 aliphatic heterocycles. The van der Waals surface area contributed by atoms with Crippen LogP contribution in [0.4, 0.5) is 0 Å². The van der Waals surface area contributed by atoms with Gasteiger partial charge in [-0.05, 0) is 42.2 Å². The van der Waals surface area contributed by atoms with E-state index in [0.29, 0.717) is 32.0 Å². The summed E-state index contributed by atoms with van der Waals surface area (Å²) in [5.74, 6) is 2.39. The molecule has 0 aliphatic carbocycles. The van der Waals surface area contributed by atoms with Crippen LogP contribution in [-0.2, 0) is 17.8 Å². The van der Waals surface area contributed by atoms with Gasteiger partial charge < -0.3 is 14.6 Å². The summed E-state index contributed by atoms with van der Waals surface area (Å²) in [6.45, 7) is 14.1. The van der Waals surface area contributed by atoms with E-state index in [4.69, 9.17) is 9.72 Å². The molecule has 5 heteroatoms. The maximum Gasteiger partial charge on any atom is 0.225 e. The van der Waals surface area contributed by atoms with Gasteiger partial charge >= 0.3 is 0 Å². The predicted molar refractivity (Wildman–Crippen MR) is 127 cm³/mol. The predicted octanol–water partition coefficient (Wildman–Crippen LogP) is 5.25. The maximum absolute atomic E-state index is 12.2. The molecule has 1 heterocycles. The molecule has 0 atom stereocenters. The number of carbonyl (C=O) groups excluding carboxylic acids is 1. The summed E-state index contributed by atoms with van der Waals surface area (Å²) >= 11 is 0. The molecule has 0 saturated carbocycles. The van der Waals surface area contributed by atoms with Crippen LogP contribution >= 0.6 is 0 Å². The van der Waals surface area contributed by atoms with Gasteiger partial charge in [-0.1, -0.05) is 58.9 Å². The Labute approximate surface area is 185 Å². The van der Waals surface area contributed by atoms with E-state index in [1.165, 1.54) is 11.1 Å². The smallest absolute Gasteiger partial charge is 0.225 e. The Morgan fingerprint density at radius 3 is 2.61 bits per heavy atom. The molecule has 3 rings (SSSR count). The van der Waals surface area contributed by atoms with Crippen molar-refractivity contribution in [1.29, 1.82) is 0 Å². The zero-order valence-corrected chi connectivity index (χ0v) is 19.7. The molecule has 5 nitrogen and oxygen atoms in total. The summed E-state index contributed by atoms with van der Waals surface area (Å²) in [5.41, 5.74) is 4.10. The minimum atomic E-state index is -0.393. The molecule has 0 unspecified atom stereocenters. The third-order valence-electron chi connectivity index (χ3n) is 5.41. The average Bonchev–Trinajstić information content (AvgIpc) is 3.04. The quantitative estimate of drug-likeness (QED) is 0.540. The van der Waals surface area contributed by atoms with Gasteiger partial charge in [0.1, 0.15) is 18.2 Å². The fourth-order valence-corrected chi connectivity index (χ4v) is 3.61. The van der Waals surface area contributed by atoms with Gasteiger partial charge in [-0.15, -0.1) is 0 Å². The van der Waals surface area contributed by atoms with Crippen molar-refractivity contribution in [3.05, 3.63) is 59.4 Å². The molecular formula is C26H35N3O2. The largest absolute Gasteiger partial charge is 0.491 e. The number of nitrogens with one attached hydrogen (secondary N) is 1. The molecule has 1 amide bonds. The van der Waals surface area contributed by atoms with Crippen LogP contribution in [0.1, 0.15) is 57.5 Å². The molecule has 1 N–H and O–H groups in total. The number of rotatable bonds is 8. The Balaban J connectivity index is 1.73. The van der Waals surface area contributed by atoms with Crippen molar-refractivity contribution < 1.29 is 9.53 Å². The first kappa shape index (κ1) is 22.9. The monoisotopic (exact) mass is 421 g/mol. The van der Waals surface area contributed by atoms with Crippen molar-refractivity contribution in [1.82, 2.24) is 14.9 Å². The van der Waals surface area contributed by atoms with Crippen molar-refractivity contribution in [3.8, 4) is 5.75 Å². The summed E-state index contributed by atoms with van der Waals surface area (Å²) in [7, 11) is 0. The number of para-hydroxylation sites is 2. The highest BCUT2D eigenvalue weighted by Crippen LogP contribution is 2.27. The van der Waals surface area contributed by atoms with Crippen molar-refractivity contribution in [2.24, 2.45) is 5.41 Å². The molecule has 0 aliphatic rings. The molecule has 0 saturated heterocycles. The lowest BCUT2D eigenvalue weighted by Gasteiger charge is -2.18. The first-order valence-electron chi connectivity index (χ1n) is 11.1. The Morgan fingerprint density at radius 2 is 1.90 bits per heavy atom. The number of benzene rings is 2. The molecule has 2 aromatic carbocycles. The van der Waals surface area contributed by atoms with E-state index in [0.717, 1.165) is 22.6 Å². The third kappa shape index (κ3) is 5.66. The van der Waals surface area contributed by atoms with Crippen LogP contribution in [0.25, 0.3) is 11.0 Å². The molecule has 3 aromatic rings. The number of ether oxygens (including phenoxy) is 1. The van der Waals surface area contributed by atoms with Gasteiger partial charge in [-0.25, -0.2) is 4.98 Å². The van der Waals surface area contributed by atoms with Crippen molar-refractivity contribution in [2.45, 2.75) is 60.4 Å². The van der Waals surface area contributed by atoms with Gasteiger partial charge in [-0.2, -0.15) is 0 Å². The molecule has 0 spiro atoms. The molecule has 0 radical (unpaired) electrons. The first-order chi connectivity index (χ1) is 14.7. The van der Waals surface area contributed by atoms with Gasteiger partial charge in [0.2, 0.25) is 5.91 Å². The zero-order chi connectivity index (χ0) is 22.6. The van der Waals surface area contributed by atoms with Crippen LogP contribution in [0.5, 0.6) is 5.75 Å². The Hall–Kier alpha value is -2.82. The van der Waals surface area contributed by atoms with Crippen molar-refractivity contribution in [3.63, 3.8) is 0 Å². The van der Waals surface area contributed by atoms with E-state index in [-0.39, 0.29) is 5.91 Å². The highest BCUT2D eigenvalue weighted by atomic mass is 16.5. The Kier molecular flexibility index (Phi) is 7.04. The fourth-order valence-electron chi connectivity index (χ4n) is 3.61. The summed E-state index contributed by atoms with van der Waals surface area (Å²) in [5, 5.41) is 3.03. The molecule has 166 valence electrons. The minimum absolute atomic E-state index is 0.0548. The molecule has 31 heavy (non-hydrogen) atoms. The van der Waals surface area contributed by atoms with E-state index in [9.17, 15) is 4.79 Å². The van der Waals surface area contributed by atoms with Gasteiger partial charge in [0.25, 0.3) is 0 Å². The van der Waals surface area contributed by atoms with Gasteiger partial charge in [0.05, 0.1) is 17.6 Å². The minimum Gasteiger partial charge on any atom is -0.491 e. The number of amides is 1. The number of aromatic nitrogens is 2. The highest BCUT2D eigenvalue weighted by molar-refractivity contribution is 5.81. The van der Waals surface area contributed by atoms with E-state index < -0.39 is 5.41 Å². The molecule has 0 fully saturated rings. The van der Waals surface area contributed by atoms with E-state index >= 15 is 0 Å². The second-order valence-corrected chi connectivity index (χ2v) is 9.47. The van der Waals surface area contributed by atoms with Gasteiger partial charge in [0.15, 0.2) is 0 Å². The number of carbonyl (C=O) groups is 1. The summed E-state index contributed by atoms with van der Waals surface area (Å²) in [6.07, 6.45) is 0.679. The van der Waals surface area contributed by atoms with Crippen LogP contribution in [0.2, 0.25) is 0 Å². The fraction of sp³-hybridized carbons (Fsp3) is 0.462. The van der Waals surface area contributed by atoms with Crippen LogP contribution in [-0.4, -0.2) is 28.6 Å². The number of hydrogen-bond donors (Lipinski definition) is 1. The number of hydrogen-bond acceptors (Lipinski definition) is 3. The van der Waals surface area contributed by atoms with Crippen LogP contribution < -0.4 is 10.1 Å². The number of fused-ring (bicyclic) bond motifs is 1. The summed E-state index contributed by atoms with van der Waals surface area (Å²) < 4.78 is 8.44. The topological polar surface area (TPSA) is 56.1 Å².